The highest BCUT2D eigenvalue weighted by Crippen LogP contribution is 2.21. The van der Waals surface area contributed by atoms with Crippen LogP contribution in [0.1, 0.15) is 23.2 Å². The second-order valence-electron chi connectivity index (χ2n) is 4.71. The number of nitrogens with zero attached hydrogens (tertiary/aromatic N) is 2. The van der Waals surface area contributed by atoms with E-state index in [4.69, 9.17) is 4.42 Å². The van der Waals surface area contributed by atoms with Gasteiger partial charge in [-0.1, -0.05) is 30.3 Å². The minimum Gasteiger partial charge on any atom is -0.467 e. The molecular formula is C16H17N3O. The van der Waals surface area contributed by atoms with Crippen molar-refractivity contribution in [1.29, 1.82) is 0 Å². The number of aryl methyl sites for hydroxylation is 1. The van der Waals surface area contributed by atoms with Crippen molar-refractivity contribution < 1.29 is 4.42 Å². The zero-order chi connectivity index (χ0) is 13.8. The smallest absolute Gasteiger partial charge is 0.133 e. The molecule has 0 aliphatic rings. The third-order valence-electron chi connectivity index (χ3n) is 3.30. The van der Waals surface area contributed by atoms with Crippen LogP contribution in [-0.4, -0.2) is 9.55 Å². The summed E-state index contributed by atoms with van der Waals surface area (Å²) in [5.74, 6) is 1.81. The van der Waals surface area contributed by atoms with Crippen LogP contribution in [-0.2, 0) is 13.6 Å². The Kier molecular flexibility index (Phi) is 3.65. The highest BCUT2D eigenvalue weighted by atomic mass is 16.3. The molecule has 4 heteroatoms. The zero-order valence-electron chi connectivity index (χ0n) is 11.4. The molecule has 2 heterocycles. The Balaban J connectivity index is 1.82. The van der Waals surface area contributed by atoms with E-state index >= 15 is 0 Å². The molecule has 0 spiro atoms. The Morgan fingerprint density at radius 1 is 1.20 bits per heavy atom. The fraction of sp³-hybridized carbons (Fsp3) is 0.188. The van der Waals surface area contributed by atoms with Gasteiger partial charge in [0, 0.05) is 26.0 Å². The van der Waals surface area contributed by atoms with E-state index in [0.717, 1.165) is 18.1 Å². The number of hydrogen-bond acceptors (Lipinski definition) is 3. The van der Waals surface area contributed by atoms with Crippen molar-refractivity contribution in [2.45, 2.75) is 12.6 Å². The Bertz CT molecular complexity index is 643. The van der Waals surface area contributed by atoms with Gasteiger partial charge < -0.3 is 8.98 Å². The molecule has 0 radical (unpaired) electrons. The van der Waals surface area contributed by atoms with Gasteiger partial charge in [0.25, 0.3) is 0 Å². The topological polar surface area (TPSA) is 43.0 Å². The van der Waals surface area contributed by atoms with Crippen molar-refractivity contribution in [3.63, 3.8) is 0 Å². The van der Waals surface area contributed by atoms with Crippen LogP contribution >= 0.6 is 0 Å². The van der Waals surface area contributed by atoms with E-state index in [2.05, 4.69) is 22.4 Å². The van der Waals surface area contributed by atoms with Crippen LogP contribution in [0.4, 0.5) is 0 Å². The van der Waals surface area contributed by atoms with Gasteiger partial charge >= 0.3 is 0 Å². The summed E-state index contributed by atoms with van der Waals surface area (Å²) in [4.78, 5) is 4.42. The first-order valence-corrected chi connectivity index (χ1v) is 6.62. The Morgan fingerprint density at radius 3 is 2.70 bits per heavy atom. The normalized spacial score (nSPS) is 12.4. The van der Waals surface area contributed by atoms with Crippen molar-refractivity contribution in [1.82, 2.24) is 14.9 Å². The van der Waals surface area contributed by atoms with E-state index in [1.807, 2.05) is 48.1 Å². The molecule has 20 heavy (non-hydrogen) atoms. The number of imidazole rings is 1. The van der Waals surface area contributed by atoms with Gasteiger partial charge in [0.1, 0.15) is 17.6 Å². The average molecular weight is 267 g/mol. The summed E-state index contributed by atoms with van der Waals surface area (Å²) in [5, 5.41) is 3.50. The number of nitrogens with one attached hydrogen (secondary N) is 1. The maximum Gasteiger partial charge on any atom is 0.133 e. The van der Waals surface area contributed by atoms with Crippen LogP contribution in [0.5, 0.6) is 0 Å². The fourth-order valence-electron chi connectivity index (χ4n) is 2.25. The molecule has 2 aromatic heterocycles. The molecule has 0 saturated carbocycles. The van der Waals surface area contributed by atoms with Crippen LogP contribution in [0.2, 0.25) is 0 Å². The second kappa shape index (κ2) is 5.75. The van der Waals surface area contributed by atoms with Gasteiger partial charge in [-0.25, -0.2) is 4.98 Å². The predicted molar refractivity (Wildman–Crippen MR) is 77.0 cm³/mol. The summed E-state index contributed by atoms with van der Waals surface area (Å²) >= 11 is 0. The van der Waals surface area contributed by atoms with Crippen molar-refractivity contribution >= 4 is 0 Å². The van der Waals surface area contributed by atoms with Crippen LogP contribution in [0.25, 0.3) is 0 Å². The third kappa shape index (κ3) is 2.65. The summed E-state index contributed by atoms with van der Waals surface area (Å²) in [5.41, 5.74) is 1.23. The standard InChI is InChI=1S/C16H17N3O/c1-19-10-9-17-16(19)15(14-8-5-11-20-14)18-12-13-6-3-2-4-7-13/h2-11,15,18H,12H2,1H3. The first-order valence-electron chi connectivity index (χ1n) is 6.62. The molecule has 3 rings (SSSR count). The van der Waals surface area contributed by atoms with E-state index in [1.54, 1.807) is 12.5 Å². The van der Waals surface area contributed by atoms with Gasteiger partial charge in [-0.15, -0.1) is 0 Å². The minimum atomic E-state index is -0.0507. The molecule has 1 unspecified atom stereocenters. The summed E-state index contributed by atoms with van der Waals surface area (Å²) < 4.78 is 7.55. The lowest BCUT2D eigenvalue weighted by molar-refractivity contribution is 0.429. The van der Waals surface area contributed by atoms with Crippen LogP contribution in [0.15, 0.2) is 65.5 Å². The highest BCUT2D eigenvalue weighted by molar-refractivity contribution is 5.18. The average Bonchev–Trinajstić information content (AvgIpc) is 3.13. The van der Waals surface area contributed by atoms with Crippen molar-refractivity contribution in [3.8, 4) is 0 Å². The molecule has 3 aromatic rings. The SMILES string of the molecule is Cn1ccnc1C(NCc1ccccc1)c1ccco1. The molecule has 102 valence electrons. The summed E-state index contributed by atoms with van der Waals surface area (Å²) in [6.45, 7) is 0.763. The lowest BCUT2D eigenvalue weighted by Gasteiger charge is -2.16. The summed E-state index contributed by atoms with van der Waals surface area (Å²) in [7, 11) is 1.99. The van der Waals surface area contributed by atoms with Crippen LogP contribution in [0.3, 0.4) is 0 Å². The van der Waals surface area contributed by atoms with Crippen LogP contribution < -0.4 is 5.32 Å². The van der Waals surface area contributed by atoms with E-state index in [-0.39, 0.29) is 6.04 Å². The molecule has 1 aromatic carbocycles. The van der Waals surface area contributed by atoms with Gasteiger partial charge in [-0.3, -0.25) is 5.32 Å². The molecule has 0 saturated heterocycles. The largest absolute Gasteiger partial charge is 0.467 e. The molecule has 1 N–H and O–H groups in total. The van der Waals surface area contributed by atoms with Gasteiger partial charge in [-0.05, 0) is 17.7 Å². The van der Waals surface area contributed by atoms with Crippen molar-refractivity contribution in [2.24, 2.45) is 7.05 Å². The molecule has 0 fully saturated rings. The van der Waals surface area contributed by atoms with E-state index in [1.165, 1.54) is 5.56 Å². The third-order valence-corrected chi connectivity index (χ3v) is 3.30. The number of hydrogen-bond donors (Lipinski definition) is 1. The van der Waals surface area contributed by atoms with E-state index in [0.29, 0.717) is 0 Å². The molecule has 0 bridgehead atoms. The van der Waals surface area contributed by atoms with Gasteiger partial charge in [0.2, 0.25) is 0 Å². The fourth-order valence-corrected chi connectivity index (χ4v) is 2.25. The molecule has 0 aliphatic carbocycles. The lowest BCUT2D eigenvalue weighted by atomic mass is 10.1. The van der Waals surface area contributed by atoms with Crippen LogP contribution in [0, 0.1) is 0 Å². The lowest BCUT2D eigenvalue weighted by Crippen LogP contribution is -2.24. The summed E-state index contributed by atoms with van der Waals surface area (Å²) in [6.07, 6.45) is 5.43. The molecule has 1 atom stereocenters. The maximum absolute atomic E-state index is 5.55. The Morgan fingerprint density at radius 2 is 2.05 bits per heavy atom. The minimum absolute atomic E-state index is 0.0507. The summed E-state index contributed by atoms with van der Waals surface area (Å²) in [6, 6.07) is 14.1. The monoisotopic (exact) mass is 267 g/mol. The second-order valence-corrected chi connectivity index (χ2v) is 4.71. The first-order chi connectivity index (χ1) is 9.84. The van der Waals surface area contributed by atoms with Gasteiger partial charge in [-0.2, -0.15) is 0 Å². The number of furan rings is 1. The predicted octanol–water partition coefficient (Wildman–Crippen LogP) is 2.89. The Labute approximate surface area is 118 Å². The van der Waals surface area contributed by atoms with Crippen molar-refractivity contribution in [3.05, 3.63) is 78.3 Å². The number of rotatable bonds is 5. The molecule has 4 nitrogen and oxygen atoms in total. The van der Waals surface area contributed by atoms with E-state index < -0.39 is 0 Å². The highest BCUT2D eigenvalue weighted by Gasteiger charge is 2.20. The van der Waals surface area contributed by atoms with Crippen molar-refractivity contribution in [2.75, 3.05) is 0 Å². The number of benzene rings is 1. The quantitative estimate of drug-likeness (QED) is 0.773. The number of aromatic nitrogens is 2. The zero-order valence-corrected chi connectivity index (χ0v) is 11.4. The first kappa shape index (κ1) is 12.7. The molecular weight excluding hydrogens is 250 g/mol. The maximum atomic E-state index is 5.55. The Hall–Kier alpha value is -2.33. The molecule has 0 aliphatic heterocycles. The molecule has 0 amide bonds. The van der Waals surface area contributed by atoms with Gasteiger partial charge in [0.15, 0.2) is 0 Å². The van der Waals surface area contributed by atoms with Gasteiger partial charge in [0.05, 0.1) is 6.26 Å². The van der Waals surface area contributed by atoms with E-state index in [9.17, 15) is 0 Å².